The smallest absolute Gasteiger partial charge is 0.322 e. The summed E-state index contributed by atoms with van der Waals surface area (Å²) in [5.41, 5.74) is 1.69. The number of hydrogen-bond donors (Lipinski definition) is 3. The number of morpholine rings is 1. The van der Waals surface area contributed by atoms with E-state index in [1.165, 1.54) is 4.90 Å². The Hall–Kier alpha value is -3.56. The normalized spacial score (nSPS) is 15.8. The van der Waals surface area contributed by atoms with Crippen LogP contribution in [-0.2, 0) is 11.3 Å². The predicted molar refractivity (Wildman–Crippen MR) is 128 cm³/mol. The number of nitrogens with zero attached hydrogens (tertiary/aromatic N) is 1. The zero-order valence-corrected chi connectivity index (χ0v) is 19.0. The van der Waals surface area contributed by atoms with E-state index in [2.05, 4.69) is 10.3 Å². The number of amides is 2. The molecule has 2 amide bonds. The maximum Gasteiger partial charge on any atom is 0.322 e. The van der Waals surface area contributed by atoms with E-state index in [9.17, 15) is 9.59 Å². The minimum atomic E-state index is -0.236. The summed E-state index contributed by atoms with van der Waals surface area (Å²) in [5.74, 6) is 1.28. The molecule has 9 nitrogen and oxygen atoms in total. The van der Waals surface area contributed by atoms with E-state index < -0.39 is 0 Å². The maximum absolute atomic E-state index is 13.2. The zero-order valence-electron chi connectivity index (χ0n) is 19.0. The number of quaternary nitrogens is 1. The molecule has 178 valence electrons. The largest absolute Gasteiger partial charge is 0.486 e. The first kappa shape index (κ1) is 22.2. The summed E-state index contributed by atoms with van der Waals surface area (Å²) in [6, 6.07) is 14.6. The number of benzene rings is 2. The van der Waals surface area contributed by atoms with Crippen molar-refractivity contribution < 1.29 is 23.9 Å². The molecule has 2 aliphatic rings. The van der Waals surface area contributed by atoms with E-state index in [0.717, 1.165) is 38.2 Å². The molecule has 0 bridgehead atoms. The Morgan fingerprint density at radius 1 is 1.00 bits per heavy atom. The van der Waals surface area contributed by atoms with E-state index in [1.54, 1.807) is 11.0 Å². The SMILES string of the molecule is O=C(Nc1ccccc1)N(CC[NH+]1CCOCC1)Cc1cc2cc3c(cc2[nH]c1=O)OCCO3. The highest BCUT2D eigenvalue weighted by molar-refractivity contribution is 5.89. The fourth-order valence-corrected chi connectivity index (χ4v) is 4.29. The standard InChI is InChI=1S/C25H28N4O5/c30-24-19(14-18-15-22-23(16-21(18)27-24)34-13-12-33-22)17-29(7-6-28-8-10-32-11-9-28)25(31)26-20-4-2-1-3-5-20/h1-5,14-16H,6-13,17H2,(H,26,31)(H,27,30)/p+1. The third-order valence-electron chi connectivity index (χ3n) is 6.19. The van der Waals surface area contributed by atoms with E-state index in [1.807, 2.05) is 42.5 Å². The summed E-state index contributed by atoms with van der Waals surface area (Å²) in [6.45, 7) is 5.77. The van der Waals surface area contributed by atoms with Gasteiger partial charge in [0.1, 0.15) is 26.3 Å². The van der Waals surface area contributed by atoms with Crippen molar-refractivity contribution in [2.75, 3.05) is 57.9 Å². The Morgan fingerprint density at radius 2 is 1.74 bits per heavy atom. The van der Waals surface area contributed by atoms with Crippen LogP contribution < -0.4 is 25.2 Å². The summed E-state index contributed by atoms with van der Waals surface area (Å²) in [6.07, 6.45) is 0. The average molecular weight is 466 g/mol. The molecule has 0 radical (unpaired) electrons. The molecule has 3 heterocycles. The first-order valence-electron chi connectivity index (χ1n) is 11.6. The lowest BCUT2D eigenvalue weighted by molar-refractivity contribution is -0.907. The monoisotopic (exact) mass is 465 g/mol. The van der Waals surface area contributed by atoms with Crippen molar-refractivity contribution >= 4 is 22.6 Å². The van der Waals surface area contributed by atoms with Crippen LogP contribution >= 0.6 is 0 Å². The number of nitrogens with one attached hydrogen (secondary N) is 3. The van der Waals surface area contributed by atoms with Gasteiger partial charge in [0.05, 0.1) is 38.4 Å². The van der Waals surface area contributed by atoms with Gasteiger partial charge in [0.2, 0.25) is 0 Å². The number of rotatable bonds is 6. The van der Waals surface area contributed by atoms with Crippen LogP contribution in [0.4, 0.5) is 10.5 Å². The van der Waals surface area contributed by atoms with Crippen molar-refractivity contribution in [3.05, 3.63) is 64.4 Å². The van der Waals surface area contributed by atoms with E-state index in [0.29, 0.717) is 48.0 Å². The lowest BCUT2D eigenvalue weighted by atomic mass is 10.1. The third kappa shape index (κ3) is 5.16. The second-order valence-corrected chi connectivity index (χ2v) is 8.54. The highest BCUT2D eigenvalue weighted by Gasteiger charge is 2.21. The fraction of sp³-hybridized carbons (Fsp3) is 0.360. The van der Waals surface area contributed by atoms with E-state index in [4.69, 9.17) is 14.2 Å². The highest BCUT2D eigenvalue weighted by atomic mass is 16.6. The summed E-state index contributed by atoms with van der Waals surface area (Å²) in [4.78, 5) is 32.1. The van der Waals surface area contributed by atoms with Gasteiger partial charge in [-0.25, -0.2) is 4.79 Å². The Balaban J connectivity index is 1.38. The van der Waals surface area contributed by atoms with Gasteiger partial charge in [0.25, 0.3) is 5.56 Å². The maximum atomic E-state index is 13.2. The van der Waals surface area contributed by atoms with Gasteiger partial charge in [-0.15, -0.1) is 0 Å². The molecule has 0 unspecified atom stereocenters. The number of para-hydroxylation sites is 1. The lowest BCUT2D eigenvalue weighted by Gasteiger charge is -2.28. The zero-order chi connectivity index (χ0) is 23.3. The number of aromatic nitrogens is 1. The molecule has 0 aliphatic carbocycles. The molecule has 0 atom stereocenters. The Labute approximate surface area is 197 Å². The summed E-state index contributed by atoms with van der Waals surface area (Å²) in [7, 11) is 0. The number of urea groups is 1. The second kappa shape index (κ2) is 10.1. The lowest BCUT2D eigenvalue weighted by Crippen LogP contribution is -3.14. The number of hydrogen-bond acceptors (Lipinski definition) is 5. The number of pyridine rings is 1. The Kier molecular flexibility index (Phi) is 6.64. The van der Waals surface area contributed by atoms with Crippen molar-refractivity contribution in [2.24, 2.45) is 0 Å². The van der Waals surface area contributed by atoms with Crippen LogP contribution in [0.5, 0.6) is 11.5 Å². The van der Waals surface area contributed by atoms with Crippen LogP contribution in [0.1, 0.15) is 5.56 Å². The van der Waals surface area contributed by atoms with Crippen LogP contribution in [0.15, 0.2) is 53.3 Å². The molecular weight excluding hydrogens is 436 g/mol. The average Bonchev–Trinajstić information content (AvgIpc) is 2.87. The topological polar surface area (TPSA) is 97.3 Å². The van der Waals surface area contributed by atoms with Gasteiger partial charge in [-0.05, 0) is 24.3 Å². The van der Waals surface area contributed by atoms with Gasteiger partial charge in [0.15, 0.2) is 11.5 Å². The molecule has 1 fully saturated rings. The molecular formula is C25H29N4O5+. The number of ether oxygens (including phenoxy) is 3. The predicted octanol–water partition coefficient (Wildman–Crippen LogP) is 1.25. The molecule has 34 heavy (non-hydrogen) atoms. The van der Waals surface area contributed by atoms with Gasteiger partial charge in [-0.3, -0.25) is 4.79 Å². The first-order chi connectivity index (χ1) is 16.7. The summed E-state index contributed by atoms with van der Waals surface area (Å²) < 4.78 is 16.8. The van der Waals surface area contributed by atoms with Crippen LogP contribution in [0, 0.1) is 0 Å². The first-order valence-corrected chi connectivity index (χ1v) is 11.6. The van der Waals surface area contributed by atoms with Crippen molar-refractivity contribution in [3.8, 4) is 11.5 Å². The molecule has 2 aliphatic heterocycles. The van der Waals surface area contributed by atoms with Crippen molar-refractivity contribution in [3.63, 3.8) is 0 Å². The van der Waals surface area contributed by atoms with Gasteiger partial charge in [-0.1, -0.05) is 18.2 Å². The minimum Gasteiger partial charge on any atom is -0.486 e. The number of aromatic amines is 1. The number of anilines is 1. The van der Waals surface area contributed by atoms with Crippen LogP contribution in [0.3, 0.4) is 0 Å². The molecule has 9 heteroatoms. The third-order valence-corrected chi connectivity index (χ3v) is 6.19. The van der Waals surface area contributed by atoms with Crippen LogP contribution in [-0.4, -0.2) is 68.5 Å². The Morgan fingerprint density at radius 3 is 2.50 bits per heavy atom. The molecule has 0 saturated carbocycles. The van der Waals surface area contributed by atoms with Crippen molar-refractivity contribution in [2.45, 2.75) is 6.54 Å². The molecule has 3 aromatic rings. The van der Waals surface area contributed by atoms with Crippen LogP contribution in [0.25, 0.3) is 10.9 Å². The van der Waals surface area contributed by atoms with E-state index in [-0.39, 0.29) is 18.1 Å². The van der Waals surface area contributed by atoms with Gasteiger partial charge >= 0.3 is 6.03 Å². The molecule has 1 saturated heterocycles. The van der Waals surface area contributed by atoms with Gasteiger partial charge in [-0.2, -0.15) is 0 Å². The summed E-state index contributed by atoms with van der Waals surface area (Å²) in [5, 5.41) is 3.79. The fourth-order valence-electron chi connectivity index (χ4n) is 4.29. The number of fused-ring (bicyclic) bond motifs is 2. The van der Waals surface area contributed by atoms with Crippen molar-refractivity contribution in [1.29, 1.82) is 0 Å². The molecule has 3 N–H and O–H groups in total. The highest BCUT2D eigenvalue weighted by Crippen LogP contribution is 2.33. The molecule has 5 rings (SSSR count). The number of carbonyl (C=O) groups excluding carboxylic acids is 1. The summed E-state index contributed by atoms with van der Waals surface area (Å²) >= 11 is 0. The van der Waals surface area contributed by atoms with Crippen LogP contribution in [0.2, 0.25) is 0 Å². The van der Waals surface area contributed by atoms with E-state index >= 15 is 0 Å². The molecule has 0 spiro atoms. The second-order valence-electron chi connectivity index (χ2n) is 8.54. The molecule has 2 aromatic carbocycles. The number of H-pyrrole nitrogens is 1. The molecule has 1 aromatic heterocycles. The Bertz CT molecular complexity index is 1210. The van der Waals surface area contributed by atoms with Crippen molar-refractivity contribution in [1.82, 2.24) is 9.88 Å². The minimum absolute atomic E-state index is 0.197. The quantitative estimate of drug-likeness (QED) is 0.509. The number of carbonyl (C=O) groups is 1. The van der Waals surface area contributed by atoms with Gasteiger partial charge < -0.3 is 34.3 Å². The van der Waals surface area contributed by atoms with Gasteiger partial charge in [0, 0.05) is 22.7 Å².